The zero-order valence-corrected chi connectivity index (χ0v) is 12.9. The maximum absolute atomic E-state index is 12.5. The quantitative estimate of drug-likeness (QED) is 0.330. The highest BCUT2D eigenvalue weighted by molar-refractivity contribution is 6.31. The van der Waals surface area contributed by atoms with Gasteiger partial charge in [-0.2, -0.15) is 0 Å². The molecule has 1 heterocycles. The number of H-pyrrole nitrogens is 1. The first-order valence-electron chi connectivity index (χ1n) is 6.98. The predicted octanol–water partition coefficient (Wildman–Crippen LogP) is 3.88. The highest BCUT2D eigenvalue weighted by atomic mass is 35.5. The molecule has 23 heavy (non-hydrogen) atoms. The third kappa shape index (κ3) is 2.78. The SMILES string of the molecule is O=C(CCl)N(c1ccccc1)c1c(C=NO)[nH]c2ccccc12. The molecule has 116 valence electrons. The van der Waals surface area contributed by atoms with E-state index < -0.39 is 0 Å². The number of hydrogen-bond acceptors (Lipinski definition) is 3. The topological polar surface area (TPSA) is 68.7 Å². The first-order chi connectivity index (χ1) is 11.3. The monoisotopic (exact) mass is 327 g/mol. The minimum Gasteiger partial charge on any atom is -0.411 e. The summed E-state index contributed by atoms with van der Waals surface area (Å²) in [5.74, 6) is -0.431. The van der Waals surface area contributed by atoms with E-state index in [9.17, 15) is 4.79 Å². The van der Waals surface area contributed by atoms with Crippen molar-refractivity contribution in [1.82, 2.24) is 4.98 Å². The van der Waals surface area contributed by atoms with Crippen LogP contribution < -0.4 is 4.90 Å². The van der Waals surface area contributed by atoms with Gasteiger partial charge in [0.15, 0.2) is 0 Å². The zero-order chi connectivity index (χ0) is 16.2. The molecule has 3 rings (SSSR count). The van der Waals surface area contributed by atoms with E-state index in [4.69, 9.17) is 16.8 Å². The van der Waals surface area contributed by atoms with Crippen molar-refractivity contribution in [2.75, 3.05) is 10.8 Å². The Balaban J connectivity index is 2.29. The number of carbonyl (C=O) groups is 1. The Kier molecular flexibility index (Phi) is 4.30. The second kappa shape index (κ2) is 6.54. The third-order valence-corrected chi connectivity index (χ3v) is 3.72. The first-order valence-corrected chi connectivity index (χ1v) is 7.52. The van der Waals surface area contributed by atoms with Crippen molar-refractivity contribution in [2.45, 2.75) is 0 Å². The standard InChI is InChI=1S/C17H14ClN3O2/c18-10-16(22)21(12-6-2-1-3-7-12)17-13-8-4-5-9-14(13)20-15(17)11-19-23/h1-9,11,20,23H,10H2. The molecule has 0 radical (unpaired) electrons. The fourth-order valence-electron chi connectivity index (χ4n) is 2.57. The molecule has 0 bridgehead atoms. The number of fused-ring (bicyclic) bond motifs is 1. The van der Waals surface area contributed by atoms with E-state index in [1.807, 2.05) is 54.6 Å². The molecule has 0 aliphatic heterocycles. The van der Waals surface area contributed by atoms with Crippen LogP contribution in [-0.4, -0.2) is 28.2 Å². The Hall–Kier alpha value is -2.79. The van der Waals surface area contributed by atoms with Gasteiger partial charge in [-0.3, -0.25) is 9.69 Å². The molecule has 6 heteroatoms. The van der Waals surface area contributed by atoms with Crippen LogP contribution in [0.25, 0.3) is 10.9 Å². The largest absolute Gasteiger partial charge is 0.411 e. The lowest BCUT2D eigenvalue weighted by Crippen LogP contribution is -2.27. The van der Waals surface area contributed by atoms with Crippen molar-refractivity contribution in [3.63, 3.8) is 0 Å². The molecule has 2 aromatic carbocycles. The molecule has 5 nitrogen and oxygen atoms in total. The van der Waals surface area contributed by atoms with E-state index in [-0.39, 0.29) is 11.8 Å². The molecular formula is C17H14ClN3O2. The summed E-state index contributed by atoms with van der Waals surface area (Å²) in [7, 11) is 0. The number of para-hydroxylation sites is 2. The fraction of sp³-hybridized carbons (Fsp3) is 0.0588. The highest BCUT2D eigenvalue weighted by Crippen LogP contribution is 2.35. The lowest BCUT2D eigenvalue weighted by atomic mass is 10.1. The Morgan fingerprint density at radius 2 is 1.87 bits per heavy atom. The molecule has 0 aliphatic carbocycles. The minimum absolute atomic E-state index is 0.163. The number of nitrogens with one attached hydrogen (secondary N) is 1. The predicted molar refractivity (Wildman–Crippen MR) is 92.0 cm³/mol. The molecule has 3 aromatic rings. The van der Waals surface area contributed by atoms with E-state index in [2.05, 4.69) is 10.1 Å². The van der Waals surface area contributed by atoms with Gasteiger partial charge >= 0.3 is 0 Å². The van der Waals surface area contributed by atoms with E-state index in [1.54, 1.807) is 0 Å². The number of benzene rings is 2. The summed E-state index contributed by atoms with van der Waals surface area (Å²) in [4.78, 5) is 17.2. The summed E-state index contributed by atoms with van der Waals surface area (Å²) < 4.78 is 0. The summed E-state index contributed by atoms with van der Waals surface area (Å²) in [5, 5.41) is 12.9. The number of nitrogens with zero attached hydrogens (tertiary/aromatic N) is 2. The van der Waals surface area contributed by atoms with E-state index in [0.717, 1.165) is 10.9 Å². The number of oxime groups is 1. The van der Waals surface area contributed by atoms with Crippen molar-refractivity contribution in [3.8, 4) is 0 Å². The van der Waals surface area contributed by atoms with Gasteiger partial charge in [-0.15, -0.1) is 11.6 Å². The molecule has 0 fully saturated rings. The number of anilines is 2. The van der Waals surface area contributed by atoms with E-state index in [0.29, 0.717) is 17.1 Å². The summed E-state index contributed by atoms with van der Waals surface area (Å²) in [6.07, 6.45) is 1.27. The van der Waals surface area contributed by atoms with Crippen molar-refractivity contribution in [2.24, 2.45) is 5.16 Å². The lowest BCUT2D eigenvalue weighted by Gasteiger charge is -2.22. The minimum atomic E-state index is -0.268. The Morgan fingerprint density at radius 3 is 2.57 bits per heavy atom. The number of hydrogen-bond donors (Lipinski definition) is 2. The van der Waals surface area contributed by atoms with Crippen molar-refractivity contribution in [1.29, 1.82) is 0 Å². The number of amides is 1. The number of carbonyl (C=O) groups excluding carboxylic acids is 1. The van der Waals surface area contributed by atoms with Crippen molar-refractivity contribution in [3.05, 3.63) is 60.3 Å². The second-order valence-electron chi connectivity index (χ2n) is 4.88. The number of aromatic amines is 1. The second-order valence-corrected chi connectivity index (χ2v) is 5.14. The molecule has 0 spiro atoms. The Bertz CT molecular complexity index is 859. The van der Waals surface area contributed by atoms with Gasteiger partial charge in [0.05, 0.1) is 17.6 Å². The zero-order valence-electron chi connectivity index (χ0n) is 12.1. The van der Waals surface area contributed by atoms with E-state index in [1.165, 1.54) is 11.1 Å². The van der Waals surface area contributed by atoms with Crippen LogP contribution in [0, 0.1) is 0 Å². The van der Waals surface area contributed by atoms with Crippen LogP contribution in [0.5, 0.6) is 0 Å². The van der Waals surface area contributed by atoms with Gasteiger partial charge in [-0.1, -0.05) is 41.6 Å². The molecule has 0 saturated heterocycles. The molecular weight excluding hydrogens is 314 g/mol. The van der Waals surface area contributed by atoms with Crippen LogP contribution in [0.15, 0.2) is 59.8 Å². The molecule has 0 saturated carbocycles. The van der Waals surface area contributed by atoms with Crippen LogP contribution in [-0.2, 0) is 4.79 Å². The molecule has 0 unspecified atom stereocenters. The van der Waals surface area contributed by atoms with Crippen LogP contribution in [0.1, 0.15) is 5.69 Å². The van der Waals surface area contributed by atoms with Gasteiger partial charge in [0.25, 0.3) is 0 Å². The van der Waals surface area contributed by atoms with Crippen LogP contribution in [0.3, 0.4) is 0 Å². The number of alkyl halides is 1. The summed E-state index contributed by atoms with van der Waals surface area (Å²) in [6, 6.07) is 16.8. The van der Waals surface area contributed by atoms with Gasteiger partial charge in [-0.05, 0) is 18.2 Å². The molecule has 0 atom stereocenters. The van der Waals surface area contributed by atoms with E-state index >= 15 is 0 Å². The smallest absolute Gasteiger partial charge is 0.246 e. The number of halogens is 1. The lowest BCUT2D eigenvalue weighted by molar-refractivity contribution is -0.115. The summed E-state index contributed by atoms with van der Waals surface area (Å²) in [5.41, 5.74) is 2.66. The normalized spacial score (nSPS) is 11.2. The summed E-state index contributed by atoms with van der Waals surface area (Å²) in [6.45, 7) is 0. The highest BCUT2D eigenvalue weighted by Gasteiger charge is 2.23. The Morgan fingerprint density at radius 1 is 1.17 bits per heavy atom. The van der Waals surface area contributed by atoms with Crippen molar-refractivity contribution >= 4 is 46.0 Å². The van der Waals surface area contributed by atoms with Gasteiger partial charge in [0.1, 0.15) is 5.88 Å². The Labute approximate surface area is 137 Å². The van der Waals surface area contributed by atoms with Crippen LogP contribution in [0.4, 0.5) is 11.4 Å². The molecule has 1 aromatic heterocycles. The average molecular weight is 328 g/mol. The van der Waals surface area contributed by atoms with Gasteiger partial charge in [-0.25, -0.2) is 0 Å². The molecule has 0 aliphatic rings. The van der Waals surface area contributed by atoms with Gasteiger partial charge in [0.2, 0.25) is 5.91 Å². The maximum Gasteiger partial charge on any atom is 0.246 e. The maximum atomic E-state index is 12.5. The summed E-state index contributed by atoms with van der Waals surface area (Å²) >= 11 is 5.81. The number of aromatic nitrogens is 1. The van der Waals surface area contributed by atoms with Crippen molar-refractivity contribution < 1.29 is 10.0 Å². The number of rotatable bonds is 4. The first kappa shape index (κ1) is 15.1. The van der Waals surface area contributed by atoms with Crippen LogP contribution >= 0.6 is 11.6 Å². The molecule has 1 amide bonds. The molecule has 2 N–H and O–H groups in total. The third-order valence-electron chi connectivity index (χ3n) is 3.50. The van der Waals surface area contributed by atoms with Gasteiger partial charge in [0, 0.05) is 16.6 Å². The average Bonchev–Trinajstić information content (AvgIpc) is 2.94. The van der Waals surface area contributed by atoms with Crippen LogP contribution in [0.2, 0.25) is 0 Å². The fourth-order valence-corrected chi connectivity index (χ4v) is 2.69. The van der Waals surface area contributed by atoms with Gasteiger partial charge < -0.3 is 10.2 Å².